The maximum atomic E-state index is 11.7. The Morgan fingerprint density at radius 3 is 2.78 bits per heavy atom. The number of carbonyl (C=O) groups excluding carboxylic acids is 1. The molecule has 0 N–H and O–H groups in total. The van der Waals surface area contributed by atoms with Crippen molar-refractivity contribution in [2.75, 3.05) is 13.1 Å². The van der Waals surface area contributed by atoms with Crippen molar-refractivity contribution in [3.05, 3.63) is 35.9 Å². The van der Waals surface area contributed by atoms with Gasteiger partial charge in [-0.1, -0.05) is 37.3 Å². The van der Waals surface area contributed by atoms with Gasteiger partial charge in [0.05, 0.1) is 12.0 Å². The number of rotatable bonds is 4. The van der Waals surface area contributed by atoms with E-state index in [1.54, 1.807) is 0 Å². The molecular formula is C15H18N2O. The molecule has 0 bridgehead atoms. The highest BCUT2D eigenvalue weighted by Gasteiger charge is 2.29. The van der Waals surface area contributed by atoms with Crippen LogP contribution in [0.2, 0.25) is 0 Å². The first-order chi connectivity index (χ1) is 8.70. The lowest BCUT2D eigenvalue weighted by Crippen LogP contribution is -2.27. The van der Waals surface area contributed by atoms with Crippen LogP contribution in [0.15, 0.2) is 30.3 Å². The van der Waals surface area contributed by atoms with Crippen molar-refractivity contribution < 1.29 is 4.79 Å². The molecule has 1 aromatic rings. The first-order valence-electron chi connectivity index (χ1n) is 6.43. The first kappa shape index (κ1) is 12.6. The van der Waals surface area contributed by atoms with Gasteiger partial charge in [-0.3, -0.25) is 4.79 Å². The molecule has 1 heterocycles. The highest BCUT2D eigenvalue weighted by Crippen LogP contribution is 2.22. The monoisotopic (exact) mass is 242 g/mol. The third-order valence-electron chi connectivity index (χ3n) is 3.60. The Kier molecular flexibility index (Phi) is 3.99. The van der Waals surface area contributed by atoms with Crippen LogP contribution in [0.5, 0.6) is 0 Å². The molecular weight excluding hydrogens is 224 g/mol. The van der Waals surface area contributed by atoms with Crippen molar-refractivity contribution in [1.29, 1.82) is 5.26 Å². The summed E-state index contributed by atoms with van der Waals surface area (Å²) in [5.74, 6) is 0.464. The average Bonchev–Trinajstić information content (AvgIpc) is 2.77. The van der Waals surface area contributed by atoms with Gasteiger partial charge in [0, 0.05) is 19.5 Å². The molecule has 2 atom stereocenters. The third-order valence-corrected chi connectivity index (χ3v) is 3.60. The van der Waals surface area contributed by atoms with Gasteiger partial charge in [0.15, 0.2) is 0 Å². The van der Waals surface area contributed by atoms with E-state index >= 15 is 0 Å². The number of carbonyl (C=O) groups is 1. The van der Waals surface area contributed by atoms with Gasteiger partial charge in [-0.15, -0.1) is 0 Å². The van der Waals surface area contributed by atoms with Crippen molar-refractivity contribution in [2.24, 2.45) is 5.92 Å². The maximum Gasteiger partial charge on any atom is 0.224 e. The molecule has 94 valence electrons. The second kappa shape index (κ2) is 5.68. The number of nitrogens with zero attached hydrogens (tertiary/aromatic N) is 2. The Balaban J connectivity index is 1.86. The van der Waals surface area contributed by atoms with E-state index in [4.69, 9.17) is 5.26 Å². The third kappa shape index (κ3) is 2.89. The van der Waals surface area contributed by atoms with E-state index in [0.29, 0.717) is 18.9 Å². The van der Waals surface area contributed by atoms with E-state index in [1.165, 1.54) is 5.56 Å². The summed E-state index contributed by atoms with van der Waals surface area (Å²) in [5, 5.41) is 8.83. The zero-order valence-electron chi connectivity index (χ0n) is 10.7. The number of amides is 1. The molecule has 0 spiro atoms. The van der Waals surface area contributed by atoms with Crippen LogP contribution >= 0.6 is 0 Å². The van der Waals surface area contributed by atoms with Gasteiger partial charge >= 0.3 is 0 Å². The predicted octanol–water partition coefficient (Wildman–Crippen LogP) is 2.55. The average molecular weight is 242 g/mol. The van der Waals surface area contributed by atoms with Crippen LogP contribution in [-0.2, 0) is 4.79 Å². The molecule has 0 saturated carbocycles. The summed E-state index contributed by atoms with van der Waals surface area (Å²) in [6, 6.07) is 12.5. The van der Waals surface area contributed by atoms with E-state index in [-0.39, 0.29) is 11.8 Å². The highest BCUT2D eigenvalue weighted by atomic mass is 16.2. The Morgan fingerprint density at radius 2 is 2.17 bits per heavy atom. The minimum Gasteiger partial charge on any atom is -0.341 e. The Hall–Kier alpha value is -1.82. The minimum absolute atomic E-state index is 0.107. The predicted molar refractivity (Wildman–Crippen MR) is 69.8 cm³/mol. The Bertz CT molecular complexity index is 449. The molecule has 1 saturated heterocycles. The Labute approximate surface area is 108 Å². The largest absolute Gasteiger partial charge is 0.341 e. The topological polar surface area (TPSA) is 44.1 Å². The van der Waals surface area contributed by atoms with Crippen LogP contribution in [0, 0.1) is 17.2 Å². The summed E-state index contributed by atoms with van der Waals surface area (Å²) in [6.45, 7) is 3.54. The van der Waals surface area contributed by atoms with Crippen molar-refractivity contribution in [1.82, 2.24) is 4.90 Å². The summed E-state index contributed by atoms with van der Waals surface area (Å²) in [4.78, 5) is 13.5. The SMILES string of the molecule is CC(CCN1CC(C#N)CC1=O)c1ccccc1. The summed E-state index contributed by atoms with van der Waals surface area (Å²) in [5.41, 5.74) is 1.31. The smallest absolute Gasteiger partial charge is 0.224 e. The summed E-state index contributed by atoms with van der Waals surface area (Å²) in [7, 11) is 0. The zero-order valence-corrected chi connectivity index (χ0v) is 10.7. The second-order valence-electron chi connectivity index (χ2n) is 4.97. The van der Waals surface area contributed by atoms with Crippen LogP contribution in [0.3, 0.4) is 0 Å². The number of likely N-dealkylation sites (tertiary alicyclic amines) is 1. The fraction of sp³-hybridized carbons (Fsp3) is 0.467. The van der Waals surface area contributed by atoms with Gasteiger partial charge in [-0.2, -0.15) is 5.26 Å². The lowest BCUT2D eigenvalue weighted by molar-refractivity contribution is -0.127. The molecule has 18 heavy (non-hydrogen) atoms. The van der Waals surface area contributed by atoms with Crippen LogP contribution in [0.4, 0.5) is 0 Å². The summed E-state index contributed by atoms with van der Waals surface area (Å²) < 4.78 is 0. The second-order valence-corrected chi connectivity index (χ2v) is 4.97. The highest BCUT2D eigenvalue weighted by molar-refractivity contribution is 5.79. The molecule has 0 radical (unpaired) electrons. The molecule has 1 fully saturated rings. The first-order valence-corrected chi connectivity index (χ1v) is 6.43. The van der Waals surface area contributed by atoms with Gasteiger partial charge in [0.2, 0.25) is 5.91 Å². The molecule has 0 aliphatic carbocycles. The molecule has 3 nitrogen and oxygen atoms in total. The number of hydrogen-bond acceptors (Lipinski definition) is 2. The van der Waals surface area contributed by atoms with Gasteiger partial charge < -0.3 is 4.90 Å². The summed E-state index contributed by atoms with van der Waals surface area (Å²) in [6.07, 6.45) is 1.35. The van der Waals surface area contributed by atoms with Crippen LogP contribution in [-0.4, -0.2) is 23.9 Å². The fourth-order valence-corrected chi connectivity index (χ4v) is 2.37. The van der Waals surface area contributed by atoms with Gasteiger partial charge in [0.1, 0.15) is 0 Å². The number of benzene rings is 1. The van der Waals surface area contributed by atoms with Crippen molar-refractivity contribution in [3.63, 3.8) is 0 Å². The van der Waals surface area contributed by atoms with Gasteiger partial charge in [-0.25, -0.2) is 0 Å². The molecule has 1 aliphatic rings. The number of hydrogen-bond donors (Lipinski definition) is 0. The summed E-state index contributed by atoms with van der Waals surface area (Å²) >= 11 is 0. The molecule has 0 aromatic heterocycles. The fourth-order valence-electron chi connectivity index (χ4n) is 2.37. The normalized spacial score (nSPS) is 20.8. The molecule has 2 unspecified atom stereocenters. The lowest BCUT2D eigenvalue weighted by atomic mass is 9.98. The molecule has 2 rings (SSSR count). The van der Waals surface area contributed by atoms with Crippen LogP contribution < -0.4 is 0 Å². The van der Waals surface area contributed by atoms with E-state index in [0.717, 1.165) is 13.0 Å². The zero-order chi connectivity index (χ0) is 13.0. The quantitative estimate of drug-likeness (QED) is 0.814. The van der Waals surface area contributed by atoms with Gasteiger partial charge in [-0.05, 0) is 17.9 Å². The molecule has 3 heteroatoms. The lowest BCUT2D eigenvalue weighted by Gasteiger charge is -2.19. The standard InChI is InChI=1S/C15H18N2O/c1-12(14-5-3-2-4-6-14)7-8-17-11-13(10-16)9-15(17)18/h2-6,12-13H,7-9,11H2,1H3. The molecule has 1 aromatic carbocycles. The van der Waals surface area contributed by atoms with Crippen LogP contribution in [0.1, 0.15) is 31.2 Å². The number of nitriles is 1. The minimum atomic E-state index is -0.107. The van der Waals surface area contributed by atoms with Crippen LogP contribution in [0.25, 0.3) is 0 Å². The van der Waals surface area contributed by atoms with Crippen molar-refractivity contribution >= 4 is 5.91 Å². The van der Waals surface area contributed by atoms with E-state index < -0.39 is 0 Å². The van der Waals surface area contributed by atoms with E-state index in [1.807, 2.05) is 23.1 Å². The maximum absolute atomic E-state index is 11.7. The van der Waals surface area contributed by atoms with Gasteiger partial charge in [0.25, 0.3) is 0 Å². The van der Waals surface area contributed by atoms with Crippen molar-refractivity contribution in [2.45, 2.75) is 25.7 Å². The van der Waals surface area contributed by atoms with E-state index in [2.05, 4.69) is 25.1 Å². The molecule has 1 aliphatic heterocycles. The van der Waals surface area contributed by atoms with Crippen molar-refractivity contribution in [3.8, 4) is 6.07 Å². The molecule has 1 amide bonds. The van der Waals surface area contributed by atoms with E-state index in [9.17, 15) is 4.79 Å². The Morgan fingerprint density at radius 1 is 1.44 bits per heavy atom.